The molecule has 2 N–H and O–H groups in total. The molecule has 6 heteroatoms. The van der Waals surface area contributed by atoms with Crippen LogP contribution in [-0.2, 0) is 20.2 Å². The molecule has 0 radical (unpaired) electrons. The van der Waals surface area contributed by atoms with Gasteiger partial charge in [0.2, 0.25) is 15.9 Å². The van der Waals surface area contributed by atoms with Crippen molar-refractivity contribution in [2.75, 3.05) is 11.0 Å². The quantitative estimate of drug-likeness (QED) is 0.619. The highest BCUT2D eigenvalue weighted by molar-refractivity contribution is 7.92. The Morgan fingerprint density at radius 1 is 1.10 bits per heavy atom. The molecule has 0 spiro atoms. The lowest BCUT2D eigenvalue weighted by atomic mass is 9.87. The first-order chi connectivity index (χ1) is 13.9. The fourth-order valence-electron chi connectivity index (χ4n) is 2.92. The van der Waals surface area contributed by atoms with E-state index < -0.39 is 10.0 Å². The summed E-state index contributed by atoms with van der Waals surface area (Å²) in [6, 6.07) is 13.1. The lowest BCUT2D eigenvalue weighted by Crippen LogP contribution is -2.24. The van der Waals surface area contributed by atoms with E-state index in [-0.39, 0.29) is 17.4 Å². The minimum atomic E-state index is -3.38. The van der Waals surface area contributed by atoms with Crippen molar-refractivity contribution in [2.24, 2.45) is 0 Å². The molecular weight excluding hydrogens is 396 g/mol. The number of carbonyl (C=O) groups excluding carboxylic acids is 1. The molecule has 0 saturated heterocycles. The van der Waals surface area contributed by atoms with Crippen LogP contribution in [-0.4, -0.2) is 20.6 Å². The molecule has 0 heterocycles. The SMILES string of the molecule is C=Cc1cc([C@@H](C)NC(=O)/C=C/c2ccc(C(C)(C)C)cc2)ccc1NS(C)(=O)=O. The first kappa shape index (κ1) is 23.4. The minimum Gasteiger partial charge on any atom is -0.346 e. The van der Waals surface area contributed by atoms with Crippen LogP contribution in [0.15, 0.2) is 55.1 Å². The van der Waals surface area contributed by atoms with Gasteiger partial charge in [-0.1, -0.05) is 63.8 Å². The van der Waals surface area contributed by atoms with E-state index in [1.807, 2.05) is 19.1 Å². The number of sulfonamides is 1. The summed E-state index contributed by atoms with van der Waals surface area (Å²) in [6.07, 6.45) is 5.96. The zero-order valence-electron chi connectivity index (χ0n) is 18.2. The van der Waals surface area contributed by atoms with Gasteiger partial charge in [-0.05, 0) is 52.8 Å². The van der Waals surface area contributed by atoms with Gasteiger partial charge in [-0.2, -0.15) is 0 Å². The Morgan fingerprint density at radius 2 is 1.73 bits per heavy atom. The van der Waals surface area contributed by atoms with E-state index in [2.05, 4.69) is 49.5 Å². The molecule has 2 rings (SSSR count). The van der Waals surface area contributed by atoms with Crippen molar-refractivity contribution in [3.05, 3.63) is 77.4 Å². The molecule has 2 aromatic carbocycles. The molecule has 0 aliphatic carbocycles. The van der Waals surface area contributed by atoms with E-state index in [9.17, 15) is 13.2 Å². The van der Waals surface area contributed by atoms with Crippen LogP contribution >= 0.6 is 0 Å². The molecule has 0 bridgehead atoms. The van der Waals surface area contributed by atoms with Crippen LogP contribution in [0.25, 0.3) is 12.2 Å². The summed E-state index contributed by atoms with van der Waals surface area (Å²) in [4.78, 5) is 12.3. The van der Waals surface area contributed by atoms with Crippen molar-refractivity contribution in [2.45, 2.75) is 39.2 Å². The molecule has 0 saturated carbocycles. The molecule has 5 nitrogen and oxygen atoms in total. The molecule has 160 valence electrons. The smallest absolute Gasteiger partial charge is 0.244 e. The second kappa shape index (κ2) is 9.30. The maximum atomic E-state index is 12.3. The fraction of sp³-hybridized carbons (Fsp3) is 0.292. The lowest BCUT2D eigenvalue weighted by Gasteiger charge is -2.18. The molecule has 2 aromatic rings. The normalized spacial score (nSPS) is 13.1. The van der Waals surface area contributed by atoms with Crippen molar-refractivity contribution < 1.29 is 13.2 Å². The third-order valence-corrected chi connectivity index (χ3v) is 5.24. The van der Waals surface area contributed by atoms with Crippen molar-refractivity contribution in [3.63, 3.8) is 0 Å². The predicted molar refractivity (Wildman–Crippen MR) is 126 cm³/mol. The second-order valence-electron chi connectivity index (χ2n) is 8.36. The average Bonchev–Trinajstić information content (AvgIpc) is 2.65. The van der Waals surface area contributed by atoms with Crippen LogP contribution in [0.3, 0.4) is 0 Å². The van der Waals surface area contributed by atoms with Gasteiger partial charge in [0.05, 0.1) is 18.0 Å². The van der Waals surface area contributed by atoms with Crippen molar-refractivity contribution >= 4 is 33.8 Å². The summed E-state index contributed by atoms with van der Waals surface area (Å²) in [5, 5.41) is 2.92. The molecule has 0 aliphatic heterocycles. The highest BCUT2D eigenvalue weighted by Crippen LogP contribution is 2.24. The van der Waals surface area contributed by atoms with E-state index in [1.54, 1.807) is 30.4 Å². The number of rotatable bonds is 7. The summed E-state index contributed by atoms with van der Waals surface area (Å²) >= 11 is 0. The van der Waals surface area contributed by atoms with Crippen LogP contribution < -0.4 is 10.0 Å². The molecule has 1 amide bonds. The van der Waals surface area contributed by atoms with Gasteiger partial charge in [0.1, 0.15) is 0 Å². The van der Waals surface area contributed by atoms with E-state index in [4.69, 9.17) is 0 Å². The van der Waals surface area contributed by atoms with E-state index in [0.717, 1.165) is 17.4 Å². The average molecular weight is 427 g/mol. The van der Waals surface area contributed by atoms with Gasteiger partial charge in [0.15, 0.2) is 0 Å². The highest BCUT2D eigenvalue weighted by Gasteiger charge is 2.13. The van der Waals surface area contributed by atoms with Crippen LogP contribution in [0.2, 0.25) is 0 Å². The van der Waals surface area contributed by atoms with E-state index in [0.29, 0.717) is 11.3 Å². The highest BCUT2D eigenvalue weighted by atomic mass is 32.2. The van der Waals surface area contributed by atoms with Gasteiger partial charge >= 0.3 is 0 Å². The fourth-order valence-corrected chi connectivity index (χ4v) is 3.51. The summed E-state index contributed by atoms with van der Waals surface area (Å²) in [5.74, 6) is -0.208. The van der Waals surface area contributed by atoms with E-state index >= 15 is 0 Å². The Hall–Kier alpha value is -2.86. The number of hydrogen-bond acceptors (Lipinski definition) is 3. The Morgan fingerprint density at radius 3 is 2.27 bits per heavy atom. The Bertz CT molecular complexity index is 1050. The molecule has 30 heavy (non-hydrogen) atoms. The number of amides is 1. The summed E-state index contributed by atoms with van der Waals surface area (Å²) in [7, 11) is -3.38. The predicted octanol–water partition coefficient (Wildman–Crippen LogP) is 4.89. The Kier molecular flexibility index (Phi) is 7.26. The molecule has 0 aliphatic rings. The Labute approximate surface area is 180 Å². The van der Waals surface area contributed by atoms with Gasteiger partial charge < -0.3 is 5.32 Å². The second-order valence-corrected chi connectivity index (χ2v) is 10.1. The number of carbonyl (C=O) groups is 1. The third kappa shape index (κ3) is 6.88. The molecule has 0 fully saturated rings. The van der Waals surface area contributed by atoms with Crippen molar-refractivity contribution in [3.8, 4) is 0 Å². The maximum absolute atomic E-state index is 12.3. The standard InChI is InChI=1S/C24H30N2O3S/c1-7-19-16-20(11-14-22(19)26-30(6,28)29)17(2)25-23(27)15-10-18-8-12-21(13-9-18)24(3,4)5/h7-17,26H,1H2,2-6H3,(H,25,27)/b15-10+/t17-/m1/s1. The summed E-state index contributed by atoms with van der Waals surface area (Å²) < 4.78 is 25.4. The van der Waals surface area contributed by atoms with E-state index in [1.165, 1.54) is 11.6 Å². The zero-order chi connectivity index (χ0) is 22.5. The van der Waals surface area contributed by atoms with Gasteiger partial charge in [-0.3, -0.25) is 9.52 Å². The Balaban J connectivity index is 2.06. The van der Waals surface area contributed by atoms with Crippen molar-refractivity contribution in [1.29, 1.82) is 0 Å². The van der Waals surface area contributed by atoms with Crippen LogP contribution in [0.1, 0.15) is 56.0 Å². The van der Waals surface area contributed by atoms with Gasteiger partial charge in [-0.15, -0.1) is 0 Å². The molecule has 1 atom stereocenters. The number of anilines is 1. The van der Waals surface area contributed by atoms with Crippen LogP contribution in [0, 0.1) is 0 Å². The van der Waals surface area contributed by atoms with Gasteiger partial charge in [-0.25, -0.2) is 8.42 Å². The number of benzene rings is 2. The maximum Gasteiger partial charge on any atom is 0.244 e. The molecular formula is C24H30N2O3S. The third-order valence-electron chi connectivity index (χ3n) is 4.65. The minimum absolute atomic E-state index is 0.0890. The zero-order valence-corrected chi connectivity index (χ0v) is 19.0. The summed E-state index contributed by atoms with van der Waals surface area (Å²) in [5.41, 5.74) is 4.23. The lowest BCUT2D eigenvalue weighted by molar-refractivity contribution is -0.117. The van der Waals surface area contributed by atoms with Crippen LogP contribution in [0.5, 0.6) is 0 Å². The first-order valence-electron chi connectivity index (χ1n) is 9.72. The summed E-state index contributed by atoms with van der Waals surface area (Å²) in [6.45, 7) is 12.1. The molecule has 0 unspecified atom stereocenters. The topological polar surface area (TPSA) is 75.3 Å². The van der Waals surface area contributed by atoms with Gasteiger partial charge in [0, 0.05) is 6.08 Å². The first-order valence-corrected chi connectivity index (χ1v) is 11.6. The van der Waals surface area contributed by atoms with Crippen LogP contribution in [0.4, 0.5) is 5.69 Å². The number of nitrogens with one attached hydrogen (secondary N) is 2. The van der Waals surface area contributed by atoms with Gasteiger partial charge in [0.25, 0.3) is 0 Å². The number of hydrogen-bond donors (Lipinski definition) is 2. The monoisotopic (exact) mass is 426 g/mol. The largest absolute Gasteiger partial charge is 0.346 e. The molecule has 0 aromatic heterocycles. The van der Waals surface area contributed by atoms with Crippen molar-refractivity contribution in [1.82, 2.24) is 5.32 Å².